The van der Waals surface area contributed by atoms with E-state index in [0.717, 1.165) is 24.4 Å². The molecule has 0 spiro atoms. The number of esters is 1. The summed E-state index contributed by atoms with van der Waals surface area (Å²) in [5.74, 6) is 1.60. The molecule has 0 aliphatic heterocycles. The average molecular weight is 260 g/mol. The number of hydrogen-bond donors (Lipinski definition) is 0. The molecule has 0 unspecified atom stereocenters. The molecule has 4 nitrogen and oxygen atoms in total. The molecule has 0 saturated heterocycles. The second kappa shape index (κ2) is 5.27. The zero-order chi connectivity index (χ0) is 13.2. The number of carbonyl (C=O) groups excluding carboxylic acids is 1. The molecule has 4 heteroatoms. The molecule has 19 heavy (non-hydrogen) atoms. The van der Waals surface area contributed by atoms with Crippen LogP contribution in [0.1, 0.15) is 79.2 Å². The van der Waals surface area contributed by atoms with Gasteiger partial charge in [0, 0.05) is 18.0 Å². The van der Waals surface area contributed by atoms with Crippen LogP contribution in [0.15, 0.2) is 6.20 Å². The van der Waals surface area contributed by atoms with E-state index in [4.69, 9.17) is 9.72 Å². The highest BCUT2D eigenvalue weighted by molar-refractivity contribution is 5.90. The molecule has 0 bridgehead atoms. The first-order chi connectivity index (χ1) is 9.29. The Labute approximate surface area is 113 Å². The van der Waals surface area contributed by atoms with E-state index in [1.165, 1.54) is 25.7 Å². The average Bonchev–Trinajstić information content (AvgIpc) is 3.13. The summed E-state index contributed by atoms with van der Waals surface area (Å²) >= 11 is 0. The third-order valence-electron chi connectivity index (χ3n) is 4.02. The van der Waals surface area contributed by atoms with Crippen LogP contribution in [0.4, 0.5) is 0 Å². The van der Waals surface area contributed by atoms with Crippen LogP contribution >= 0.6 is 0 Å². The summed E-state index contributed by atoms with van der Waals surface area (Å²) in [4.78, 5) is 21.1. The Morgan fingerprint density at radius 2 is 2.00 bits per heavy atom. The van der Waals surface area contributed by atoms with Crippen molar-refractivity contribution in [2.75, 3.05) is 6.61 Å². The van der Waals surface area contributed by atoms with E-state index in [1.54, 1.807) is 6.20 Å². The van der Waals surface area contributed by atoms with Crippen molar-refractivity contribution in [3.05, 3.63) is 23.3 Å². The minimum absolute atomic E-state index is 0.276. The lowest BCUT2D eigenvalue weighted by Gasteiger charge is -2.12. The van der Waals surface area contributed by atoms with E-state index in [1.807, 2.05) is 6.92 Å². The molecular weight excluding hydrogens is 240 g/mol. The molecule has 3 rings (SSSR count). The number of hydrogen-bond acceptors (Lipinski definition) is 4. The minimum atomic E-state index is -0.276. The topological polar surface area (TPSA) is 52.1 Å². The third kappa shape index (κ3) is 2.62. The van der Waals surface area contributed by atoms with Crippen molar-refractivity contribution in [2.24, 2.45) is 0 Å². The first-order valence-electron chi connectivity index (χ1n) is 7.33. The predicted molar refractivity (Wildman–Crippen MR) is 71.2 cm³/mol. The summed E-state index contributed by atoms with van der Waals surface area (Å²) in [6.07, 6.45) is 8.86. The maximum Gasteiger partial charge on any atom is 0.341 e. The summed E-state index contributed by atoms with van der Waals surface area (Å²) < 4.78 is 5.09. The number of rotatable bonds is 4. The fraction of sp³-hybridized carbons (Fsp3) is 0.667. The smallest absolute Gasteiger partial charge is 0.341 e. The summed E-state index contributed by atoms with van der Waals surface area (Å²) in [7, 11) is 0. The van der Waals surface area contributed by atoms with Gasteiger partial charge < -0.3 is 4.74 Å². The second-order valence-electron chi connectivity index (χ2n) is 5.50. The maximum atomic E-state index is 11.9. The van der Waals surface area contributed by atoms with Crippen LogP contribution in [0.2, 0.25) is 0 Å². The van der Waals surface area contributed by atoms with Gasteiger partial charge >= 0.3 is 5.97 Å². The van der Waals surface area contributed by atoms with Gasteiger partial charge in [0.15, 0.2) is 0 Å². The van der Waals surface area contributed by atoms with Gasteiger partial charge in [-0.3, -0.25) is 0 Å². The molecule has 0 radical (unpaired) electrons. The Bertz CT molecular complexity index is 477. The van der Waals surface area contributed by atoms with Crippen LogP contribution in [0.5, 0.6) is 0 Å². The largest absolute Gasteiger partial charge is 0.462 e. The van der Waals surface area contributed by atoms with Gasteiger partial charge in [-0.2, -0.15) is 0 Å². The molecule has 2 aliphatic carbocycles. The lowest BCUT2D eigenvalue weighted by Crippen LogP contribution is -2.13. The lowest BCUT2D eigenvalue weighted by molar-refractivity contribution is 0.0523. The van der Waals surface area contributed by atoms with Crippen molar-refractivity contribution in [3.63, 3.8) is 0 Å². The highest BCUT2D eigenvalue weighted by Gasteiger charge is 2.32. The number of nitrogens with zero attached hydrogens (tertiary/aromatic N) is 2. The highest BCUT2D eigenvalue weighted by Crippen LogP contribution is 2.41. The van der Waals surface area contributed by atoms with Crippen molar-refractivity contribution in [3.8, 4) is 0 Å². The molecule has 2 aliphatic rings. The molecule has 102 valence electrons. The van der Waals surface area contributed by atoms with Crippen molar-refractivity contribution in [1.82, 2.24) is 9.97 Å². The fourth-order valence-corrected chi connectivity index (χ4v) is 2.82. The molecule has 0 aromatic carbocycles. The fourth-order valence-electron chi connectivity index (χ4n) is 2.82. The van der Waals surface area contributed by atoms with Crippen molar-refractivity contribution in [1.29, 1.82) is 0 Å². The van der Waals surface area contributed by atoms with E-state index in [9.17, 15) is 4.79 Å². The molecular formula is C15H20N2O2. The normalized spacial score (nSPS) is 19.6. The van der Waals surface area contributed by atoms with Crippen LogP contribution in [0.3, 0.4) is 0 Å². The SMILES string of the molecule is CCOC(=O)c1cnc(C2CCCC2)nc1C1CC1. The first kappa shape index (κ1) is 12.6. The number of aromatic nitrogens is 2. The van der Waals surface area contributed by atoms with E-state index in [2.05, 4.69) is 4.98 Å². The Balaban J connectivity index is 1.90. The summed E-state index contributed by atoms with van der Waals surface area (Å²) in [6, 6.07) is 0. The van der Waals surface area contributed by atoms with Gasteiger partial charge in [-0.15, -0.1) is 0 Å². The molecule has 0 N–H and O–H groups in total. The van der Waals surface area contributed by atoms with Crippen LogP contribution in [-0.4, -0.2) is 22.5 Å². The quantitative estimate of drug-likeness (QED) is 0.780. The summed E-state index contributed by atoms with van der Waals surface area (Å²) in [6.45, 7) is 2.22. The van der Waals surface area contributed by atoms with Crippen molar-refractivity contribution < 1.29 is 9.53 Å². The zero-order valence-electron chi connectivity index (χ0n) is 11.4. The Morgan fingerprint density at radius 1 is 1.26 bits per heavy atom. The molecule has 1 heterocycles. The molecule has 0 amide bonds. The van der Waals surface area contributed by atoms with Crippen molar-refractivity contribution in [2.45, 2.75) is 57.3 Å². The standard InChI is InChI=1S/C15H20N2O2/c1-2-19-15(18)12-9-16-14(11-5-3-4-6-11)17-13(12)10-7-8-10/h9-11H,2-8H2,1H3. The number of ether oxygens (including phenoxy) is 1. The number of carbonyl (C=O) groups is 1. The van der Waals surface area contributed by atoms with Crippen LogP contribution < -0.4 is 0 Å². The Hall–Kier alpha value is -1.45. The first-order valence-corrected chi connectivity index (χ1v) is 7.33. The van der Waals surface area contributed by atoms with Gasteiger partial charge in [0.25, 0.3) is 0 Å². The highest BCUT2D eigenvalue weighted by atomic mass is 16.5. The second-order valence-corrected chi connectivity index (χ2v) is 5.50. The van der Waals surface area contributed by atoms with Gasteiger partial charge in [-0.25, -0.2) is 14.8 Å². The molecule has 2 fully saturated rings. The summed E-state index contributed by atoms with van der Waals surface area (Å²) in [5, 5.41) is 0. The zero-order valence-corrected chi connectivity index (χ0v) is 11.4. The van der Waals surface area contributed by atoms with Crippen LogP contribution in [0, 0.1) is 0 Å². The molecule has 1 aromatic rings. The Morgan fingerprint density at radius 3 is 2.63 bits per heavy atom. The molecule has 0 atom stereocenters. The van der Waals surface area contributed by atoms with Gasteiger partial charge in [-0.05, 0) is 32.6 Å². The van der Waals surface area contributed by atoms with Gasteiger partial charge in [0.1, 0.15) is 5.82 Å². The predicted octanol–water partition coefficient (Wildman–Crippen LogP) is 3.19. The van der Waals surface area contributed by atoms with Crippen LogP contribution in [0.25, 0.3) is 0 Å². The van der Waals surface area contributed by atoms with Crippen molar-refractivity contribution >= 4 is 5.97 Å². The van der Waals surface area contributed by atoms with Crippen LogP contribution in [-0.2, 0) is 4.74 Å². The lowest BCUT2D eigenvalue weighted by atomic mass is 10.1. The maximum absolute atomic E-state index is 11.9. The van der Waals surface area contributed by atoms with E-state index in [0.29, 0.717) is 24.0 Å². The molecule has 2 saturated carbocycles. The monoisotopic (exact) mass is 260 g/mol. The van der Waals surface area contributed by atoms with Gasteiger partial charge in [0.2, 0.25) is 0 Å². The molecule has 1 aromatic heterocycles. The van der Waals surface area contributed by atoms with Gasteiger partial charge in [-0.1, -0.05) is 12.8 Å². The minimum Gasteiger partial charge on any atom is -0.462 e. The Kier molecular flexibility index (Phi) is 3.49. The van der Waals surface area contributed by atoms with E-state index in [-0.39, 0.29) is 5.97 Å². The van der Waals surface area contributed by atoms with E-state index < -0.39 is 0 Å². The summed E-state index contributed by atoms with van der Waals surface area (Å²) in [5.41, 5.74) is 1.50. The van der Waals surface area contributed by atoms with E-state index >= 15 is 0 Å². The van der Waals surface area contributed by atoms with Gasteiger partial charge in [0.05, 0.1) is 17.9 Å². The third-order valence-corrected chi connectivity index (χ3v) is 4.02.